The second kappa shape index (κ2) is 4.37. The Morgan fingerprint density at radius 3 is 2.94 bits per heavy atom. The summed E-state index contributed by atoms with van der Waals surface area (Å²) in [6, 6.07) is 7.80. The lowest BCUT2D eigenvalue weighted by Crippen LogP contribution is -1.98. The van der Waals surface area contributed by atoms with Crippen molar-refractivity contribution in [3.05, 3.63) is 35.5 Å². The Morgan fingerprint density at radius 2 is 2.25 bits per heavy atom. The molecule has 2 rings (SSSR count). The third-order valence-corrected chi connectivity index (χ3v) is 2.62. The Kier molecular flexibility index (Phi) is 2.92. The number of aromatic amines is 1. The Morgan fingerprint density at radius 1 is 1.44 bits per heavy atom. The quantitative estimate of drug-likeness (QED) is 0.824. The first-order chi connectivity index (χ1) is 7.76. The van der Waals surface area contributed by atoms with Crippen molar-refractivity contribution in [2.24, 2.45) is 5.73 Å². The van der Waals surface area contributed by atoms with Crippen LogP contribution in [0.3, 0.4) is 0 Å². The van der Waals surface area contributed by atoms with Crippen LogP contribution in [0, 0.1) is 6.92 Å². The van der Waals surface area contributed by atoms with Gasteiger partial charge in [0.15, 0.2) is 0 Å². The smallest absolute Gasteiger partial charge is 0.119 e. The van der Waals surface area contributed by atoms with Crippen LogP contribution in [0.5, 0.6) is 5.75 Å². The molecule has 0 spiro atoms. The molecule has 1 aromatic carbocycles. The van der Waals surface area contributed by atoms with Gasteiger partial charge in [0.25, 0.3) is 0 Å². The number of methoxy groups -OCH3 is 1. The van der Waals surface area contributed by atoms with Crippen molar-refractivity contribution in [1.82, 2.24) is 10.2 Å². The summed E-state index contributed by atoms with van der Waals surface area (Å²) in [6.45, 7) is 2.45. The fourth-order valence-corrected chi connectivity index (χ4v) is 1.71. The summed E-state index contributed by atoms with van der Waals surface area (Å²) in [5.74, 6) is 0.820. The monoisotopic (exact) mass is 217 g/mol. The average molecular weight is 217 g/mol. The predicted molar refractivity (Wildman–Crippen MR) is 63.2 cm³/mol. The highest BCUT2D eigenvalue weighted by atomic mass is 16.5. The van der Waals surface area contributed by atoms with Crippen molar-refractivity contribution in [3.8, 4) is 17.0 Å². The summed E-state index contributed by atoms with van der Waals surface area (Å²) < 4.78 is 5.19. The van der Waals surface area contributed by atoms with Crippen LogP contribution in [0.15, 0.2) is 24.3 Å². The second-order valence-corrected chi connectivity index (χ2v) is 3.61. The minimum absolute atomic E-state index is 0.481. The molecule has 16 heavy (non-hydrogen) atoms. The Labute approximate surface area is 94.4 Å². The summed E-state index contributed by atoms with van der Waals surface area (Å²) in [7, 11) is 1.65. The molecule has 84 valence electrons. The minimum atomic E-state index is 0.481. The highest BCUT2D eigenvalue weighted by Crippen LogP contribution is 2.26. The van der Waals surface area contributed by atoms with Crippen LogP contribution in [-0.2, 0) is 6.54 Å². The lowest BCUT2D eigenvalue weighted by molar-refractivity contribution is 0.415. The van der Waals surface area contributed by atoms with Crippen LogP contribution >= 0.6 is 0 Å². The first-order valence-electron chi connectivity index (χ1n) is 5.14. The van der Waals surface area contributed by atoms with Crippen LogP contribution in [-0.4, -0.2) is 17.3 Å². The van der Waals surface area contributed by atoms with E-state index in [0.29, 0.717) is 6.54 Å². The molecule has 0 amide bonds. The van der Waals surface area contributed by atoms with Gasteiger partial charge in [-0.05, 0) is 19.1 Å². The normalized spacial score (nSPS) is 10.4. The Bertz CT molecular complexity index is 491. The van der Waals surface area contributed by atoms with E-state index in [2.05, 4.69) is 10.2 Å². The van der Waals surface area contributed by atoms with E-state index in [1.807, 2.05) is 31.2 Å². The molecule has 3 N–H and O–H groups in total. The first-order valence-corrected chi connectivity index (χ1v) is 5.14. The maximum atomic E-state index is 5.71. The summed E-state index contributed by atoms with van der Waals surface area (Å²) in [6.07, 6.45) is 0. The molecule has 0 fully saturated rings. The van der Waals surface area contributed by atoms with Gasteiger partial charge in [-0.2, -0.15) is 5.10 Å². The zero-order valence-corrected chi connectivity index (χ0v) is 9.45. The molecule has 0 aliphatic heterocycles. The number of hydrogen-bond donors (Lipinski definition) is 2. The van der Waals surface area contributed by atoms with Crippen molar-refractivity contribution in [3.63, 3.8) is 0 Å². The van der Waals surface area contributed by atoms with Gasteiger partial charge in [-0.25, -0.2) is 0 Å². The standard InChI is InChI=1S/C12H15N3O/c1-8-11(7-13)12(15-14-8)9-4-3-5-10(6-9)16-2/h3-6H,7,13H2,1-2H3,(H,14,15). The molecule has 0 unspecified atom stereocenters. The van der Waals surface area contributed by atoms with Gasteiger partial charge in [-0.3, -0.25) is 5.10 Å². The fraction of sp³-hybridized carbons (Fsp3) is 0.250. The minimum Gasteiger partial charge on any atom is -0.497 e. The lowest BCUT2D eigenvalue weighted by atomic mass is 10.1. The van der Waals surface area contributed by atoms with Crippen LogP contribution in [0.1, 0.15) is 11.3 Å². The zero-order chi connectivity index (χ0) is 11.5. The van der Waals surface area contributed by atoms with E-state index < -0.39 is 0 Å². The van der Waals surface area contributed by atoms with Gasteiger partial charge >= 0.3 is 0 Å². The number of ether oxygens (including phenoxy) is 1. The first kappa shape index (κ1) is 10.7. The Balaban J connectivity index is 2.49. The lowest BCUT2D eigenvalue weighted by Gasteiger charge is -2.04. The predicted octanol–water partition coefficient (Wildman–Crippen LogP) is 1.85. The van der Waals surface area contributed by atoms with E-state index in [9.17, 15) is 0 Å². The molecule has 4 heteroatoms. The third kappa shape index (κ3) is 1.79. The number of hydrogen-bond acceptors (Lipinski definition) is 3. The summed E-state index contributed by atoms with van der Waals surface area (Å²) in [5, 5.41) is 7.22. The number of rotatable bonds is 3. The number of nitrogens with one attached hydrogen (secondary N) is 1. The van der Waals surface area contributed by atoms with Crippen molar-refractivity contribution in [2.45, 2.75) is 13.5 Å². The highest BCUT2D eigenvalue weighted by molar-refractivity contribution is 5.65. The molecule has 0 saturated heterocycles. The summed E-state index contributed by atoms with van der Waals surface area (Å²) >= 11 is 0. The van der Waals surface area contributed by atoms with Gasteiger partial charge < -0.3 is 10.5 Å². The van der Waals surface area contributed by atoms with E-state index in [1.54, 1.807) is 7.11 Å². The van der Waals surface area contributed by atoms with E-state index in [0.717, 1.165) is 28.3 Å². The molecule has 1 heterocycles. The number of nitrogens with zero attached hydrogens (tertiary/aromatic N) is 1. The molecule has 4 nitrogen and oxygen atoms in total. The third-order valence-electron chi connectivity index (χ3n) is 2.62. The largest absolute Gasteiger partial charge is 0.497 e. The van der Waals surface area contributed by atoms with E-state index in [1.165, 1.54) is 0 Å². The maximum absolute atomic E-state index is 5.71. The zero-order valence-electron chi connectivity index (χ0n) is 9.45. The van der Waals surface area contributed by atoms with Crippen molar-refractivity contribution >= 4 is 0 Å². The van der Waals surface area contributed by atoms with Crippen LogP contribution in [0.2, 0.25) is 0 Å². The summed E-state index contributed by atoms with van der Waals surface area (Å²) in [5.41, 5.74) is 9.70. The van der Waals surface area contributed by atoms with Crippen LogP contribution in [0.25, 0.3) is 11.3 Å². The van der Waals surface area contributed by atoms with Crippen LogP contribution < -0.4 is 10.5 Å². The molecular weight excluding hydrogens is 202 g/mol. The maximum Gasteiger partial charge on any atom is 0.119 e. The molecule has 0 atom stereocenters. The van der Waals surface area contributed by atoms with E-state index in [4.69, 9.17) is 10.5 Å². The van der Waals surface area contributed by atoms with Crippen LogP contribution in [0.4, 0.5) is 0 Å². The molecule has 0 radical (unpaired) electrons. The molecule has 2 aromatic rings. The number of aromatic nitrogens is 2. The van der Waals surface area contributed by atoms with Gasteiger partial charge in [0.2, 0.25) is 0 Å². The van der Waals surface area contributed by atoms with Crippen molar-refractivity contribution < 1.29 is 4.74 Å². The van der Waals surface area contributed by atoms with Gasteiger partial charge in [0, 0.05) is 23.4 Å². The van der Waals surface area contributed by atoms with Gasteiger partial charge in [0.1, 0.15) is 5.75 Å². The Hall–Kier alpha value is -1.81. The molecule has 0 saturated carbocycles. The van der Waals surface area contributed by atoms with Crippen molar-refractivity contribution in [1.29, 1.82) is 0 Å². The van der Waals surface area contributed by atoms with E-state index >= 15 is 0 Å². The molecule has 0 aliphatic carbocycles. The number of aryl methyl sites for hydroxylation is 1. The fourth-order valence-electron chi connectivity index (χ4n) is 1.71. The number of H-pyrrole nitrogens is 1. The van der Waals surface area contributed by atoms with E-state index in [-0.39, 0.29) is 0 Å². The molecule has 1 aromatic heterocycles. The molecular formula is C12H15N3O. The summed E-state index contributed by atoms with van der Waals surface area (Å²) in [4.78, 5) is 0. The SMILES string of the molecule is COc1cccc(-c2n[nH]c(C)c2CN)c1. The van der Waals surface area contributed by atoms with Gasteiger partial charge in [0.05, 0.1) is 12.8 Å². The molecule has 0 aliphatic rings. The van der Waals surface area contributed by atoms with Crippen molar-refractivity contribution in [2.75, 3.05) is 7.11 Å². The molecule has 0 bridgehead atoms. The topological polar surface area (TPSA) is 63.9 Å². The highest BCUT2D eigenvalue weighted by Gasteiger charge is 2.10. The average Bonchev–Trinajstić information content (AvgIpc) is 2.70. The second-order valence-electron chi connectivity index (χ2n) is 3.61. The number of benzene rings is 1. The van der Waals surface area contributed by atoms with Gasteiger partial charge in [-0.1, -0.05) is 12.1 Å². The number of nitrogens with two attached hydrogens (primary N) is 1. The van der Waals surface area contributed by atoms with Gasteiger partial charge in [-0.15, -0.1) is 0 Å².